The zero-order valence-corrected chi connectivity index (χ0v) is 20.5. The van der Waals surface area contributed by atoms with Gasteiger partial charge in [-0.2, -0.15) is 0 Å². The summed E-state index contributed by atoms with van der Waals surface area (Å²) in [6.07, 6.45) is 0. The number of ketones is 1. The molecule has 3 heterocycles. The molecule has 2 aliphatic rings. The van der Waals surface area contributed by atoms with E-state index in [0.717, 1.165) is 24.0 Å². The maximum Gasteiger partial charge on any atom is 0.290 e. The number of ether oxygens (including phenoxy) is 2. The minimum absolute atomic E-state index is 0.0296. The highest BCUT2D eigenvalue weighted by Crippen LogP contribution is 2.40. The van der Waals surface area contributed by atoms with Gasteiger partial charge in [0.25, 0.3) is 5.91 Å². The van der Waals surface area contributed by atoms with Crippen molar-refractivity contribution in [1.29, 1.82) is 0 Å². The van der Waals surface area contributed by atoms with E-state index in [1.807, 2.05) is 56.3 Å². The number of hydrogen-bond donors (Lipinski definition) is 1. The number of hydrogen-bond acceptors (Lipinski definition) is 7. The molecular formula is C28H30N2O6. The van der Waals surface area contributed by atoms with Gasteiger partial charge in [-0.3, -0.25) is 14.5 Å². The molecule has 1 fully saturated rings. The number of aryl methyl sites for hydroxylation is 1. The average molecular weight is 491 g/mol. The van der Waals surface area contributed by atoms with Crippen LogP contribution in [-0.4, -0.2) is 72.6 Å². The molecule has 36 heavy (non-hydrogen) atoms. The van der Waals surface area contributed by atoms with Crippen LogP contribution in [0.25, 0.3) is 11.0 Å². The minimum Gasteiger partial charge on any atom is -0.503 e. The van der Waals surface area contributed by atoms with Crippen molar-refractivity contribution in [2.24, 2.45) is 0 Å². The van der Waals surface area contributed by atoms with Crippen LogP contribution in [0.2, 0.25) is 0 Å². The molecule has 0 saturated carbocycles. The van der Waals surface area contributed by atoms with Crippen LogP contribution >= 0.6 is 0 Å². The maximum absolute atomic E-state index is 13.7. The number of carbonyl (C=O) groups is 2. The molecule has 0 radical (unpaired) electrons. The fourth-order valence-corrected chi connectivity index (χ4v) is 4.86. The first-order valence-corrected chi connectivity index (χ1v) is 12.3. The Kier molecular flexibility index (Phi) is 6.80. The third-order valence-electron chi connectivity index (χ3n) is 6.71. The van der Waals surface area contributed by atoms with Crippen molar-refractivity contribution >= 4 is 22.7 Å². The van der Waals surface area contributed by atoms with Crippen molar-refractivity contribution < 1.29 is 28.6 Å². The van der Waals surface area contributed by atoms with E-state index in [2.05, 4.69) is 4.90 Å². The summed E-state index contributed by atoms with van der Waals surface area (Å²) in [6.45, 7) is 8.22. The van der Waals surface area contributed by atoms with Crippen LogP contribution in [0, 0.1) is 6.92 Å². The number of aliphatic hydroxyl groups is 1. The molecule has 8 nitrogen and oxygen atoms in total. The predicted molar refractivity (Wildman–Crippen MR) is 134 cm³/mol. The number of amides is 1. The Morgan fingerprint density at radius 3 is 2.56 bits per heavy atom. The van der Waals surface area contributed by atoms with E-state index in [-0.39, 0.29) is 11.3 Å². The molecule has 1 unspecified atom stereocenters. The zero-order valence-electron chi connectivity index (χ0n) is 20.5. The largest absolute Gasteiger partial charge is 0.503 e. The summed E-state index contributed by atoms with van der Waals surface area (Å²) in [4.78, 5) is 30.8. The van der Waals surface area contributed by atoms with Gasteiger partial charge in [0.2, 0.25) is 5.78 Å². The van der Waals surface area contributed by atoms with E-state index >= 15 is 0 Å². The van der Waals surface area contributed by atoms with Gasteiger partial charge in [0, 0.05) is 31.6 Å². The van der Waals surface area contributed by atoms with Gasteiger partial charge in [-0.05, 0) is 49.7 Å². The van der Waals surface area contributed by atoms with Crippen LogP contribution in [0.1, 0.15) is 34.6 Å². The van der Waals surface area contributed by atoms with Gasteiger partial charge in [-0.25, -0.2) is 0 Å². The number of Topliss-reactive ketones (excluding diaryl/α,β-unsaturated/α-hetero) is 1. The van der Waals surface area contributed by atoms with Gasteiger partial charge in [0.1, 0.15) is 11.3 Å². The van der Waals surface area contributed by atoms with Crippen molar-refractivity contribution in [3.05, 3.63) is 76.8 Å². The number of fused-ring (bicyclic) bond motifs is 1. The quantitative estimate of drug-likeness (QED) is 0.476. The highest BCUT2D eigenvalue weighted by atomic mass is 16.5. The summed E-state index contributed by atoms with van der Waals surface area (Å²) in [7, 11) is 0. The summed E-state index contributed by atoms with van der Waals surface area (Å²) in [6, 6.07) is 13.9. The lowest BCUT2D eigenvalue weighted by atomic mass is 9.95. The second kappa shape index (κ2) is 10.2. The molecule has 8 heteroatoms. The van der Waals surface area contributed by atoms with Crippen molar-refractivity contribution in [3.63, 3.8) is 0 Å². The third kappa shape index (κ3) is 4.62. The summed E-state index contributed by atoms with van der Waals surface area (Å²) in [5.41, 5.74) is 2.37. The standard InChI is InChI=1S/C28H30N2O6/c1-3-35-21-7-5-19(6-8-21)25-24(26(31)23-17-20-16-18(2)4-9-22(20)36-23)27(32)28(33)30(25)11-10-29-12-14-34-15-13-29/h4-9,16-17,25,32H,3,10-15H2,1-2H3. The van der Waals surface area contributed by atoms with Crippen LogP contribution in [-0.2, 0) is 9.53 Å². The second-order valence-corrected chi connectivity index (χ2v) is 9.10. The molecule has 188 valence electrons. The van der Waals surface area contributed by atoms with Crippen molar-refractivity contribution in [3.8, 4) is 5.75 Å². The SMILES string of the molecule is CCOc1ccc(C2C(C(=O)c3cc4cc(C)ccc4o3)=C(O)C(=O)N2CCN2CCOCC2)cc1. The molecular weight excluding hydrogens is 460 g/mol. The second-order valence-electron chi connectivity index (χ2n) is 9.10. The number of morpholine rings is 1. The first-order valence-electron chi connectivity index (χ1n) is 12.3. The Morgan fingerprint density at radius 1 is 1.08 bits per heavy atom. The molecule has 1 amide bonds. The smallest absolute Gasteiger partial charge is 0.290 e. The summed E-state index contributed by atoms with van der Waals surface area (Å²) in [5.74, 6) is -0.799. The minimum atomic E-state index is -0.739. The Bertz CT molecular complexity index is 1300. The normalized spacial score (nSPS) is 18.9. The van der Waals surface area contributed by atoms with Gasteiger partial charge < -0.3 is 23.9 Å². The first kappa shape index (κ1) is 24.1. The zero-order chi connectivity index (χ0) is 25.2. The van der Waals surface area contributed by atoms with Gasteiger partial charge in [0.05, 0.1) is 31.4 Å². The highest BCUT2D eigenvalue weighted by Gasteiger charge is 2.44. The third-order valence-corrected chi connectivity index (χ3v) is 6.71. The predicted octanol–water partition coefficient (Wildman–Crippen LogP) is 4.05. The van der Waals surface area contributed by atoms with Crippen LogP contribution in [0.15, 0.2) is 64.3 Å². The van der Waals surface area contributed by atoms with Gasteiger partial charge in [-0.15, -0.1) is 0 Å². The lowest BCUT2D eigenvalue weighted by Gasteiger charge is -2.31. The molecule has 5 rings (SSSR count). The van der Waals surface area contributed by atoms with Crippen LogP contribution in [0.3, 0.4) is 0 Å². The Labute approximate surface area is 209 Å². The number of carbonyl (C=O) groups excluding carboxylic acids is 2. The fraction of sp³-hybridized carbons (Fsp3) is 0.357. The van der Waals surface area contributed by atoms with Gasteiger partial charge in [-0.1, -0.05) is 23.8 Å². The number of furan rings is 1. The molecule has 0 spiro atoms. The molecule has 1 atom stereocenters. The van der Waals surface area contributed by atoms with Crippen LogP contribution < -0.4 is 4.74 Å². The average Bonchev–Trinajstić information content (AvgIpc) is 3.42. The lowest BCUT2D eigenvalue weighted by molar-refractivity contribution is -0.129. The van der Waals surface area contributed by atoms with Gasteiger partial charge >= 0.3 is 0 Å². The summed E-state index contributed by atoms with van der Waals surface area (Å²) in [5, 5.41) is 11.7. The summed E-state index contributed by atoms with van der Waals surface area (Å²) < 4.78 is 16.8. The molecule has 2 aliphatic heterocycles. The van der Waals surface area contributed by atoms with E-state index in [9.17, 15) is 14.7 Å². The fourth-order valence-electron chi connectivity index (χ4n) is 4.86. The maximum atomic E-state index is 13.7. The molecule has 1 N–H and O–H groups in total. The van der Waals surface area contributed by atoms with Crippen LogP contribution in [0.4, 0.5) is 0 Å². The summed E-state index contributed by atoms with van der Waals surface area (Å²) >= 11 is 0. The monoisotopic (exact) mass is 490 g/mol. The number of aliphatic hydroxyl groups excluding tert-OH is 1. The van der Waals surface area contributed by atoms with Crippen LogP contribution in [0.5, 0.6) is 5.75 Å². The first-order chi connectivity index (χ1) is 17.5. The van der Waals surface area contributed by atoms with E-state index in [0.29, 0.717) is 49.8 Å². The highest BCUT2D eigenvalue weighted by molar-refractivity contribution is 6.16. The van der Waals surface area contributed by atoms with Crippen molar-refractivity contribution in [1.82, 2.24) is 9.80 Å². The number of benzene rings is 2. The Morgan fingerprint density at radius 2 is 1.83 bits per heavy atom. The van der Waals surface area contributed by atoms with E-state index in [1.165, 1.54) is 0 Å². The number of rotatable bonds is 8. The Balaban J connectivity index is 1.50. The molecule has 1 saturated heterocycles. The van der Waals surface area contributed by atoms with E-state index in [4.69, 9.17) is 13.9 Å². The molecule has 2 aromatic carbocycles. The topological polar surface area (TPSA) is 92.5 Å². The Hall–Kier alpha value is -3.62. The molecule has 1 aromatic heterocycles. The van der Waals surface area contributed by atoms with Gasteiger partial charge in [0.15, 0.2) is 11.5 Å². The lowest BCUT2D eigenvalue weighted by Crippen LogP contribution is -2.43. The molecule has 3 aromatic rings. The van der Waals surface area contributed by atoms with Crippen molar-refractivity contribution in [2.45, 2.75) is 19.9 Å². The molecule has 0 bridgehead atoms. The van der Waals surface area contributed by atoms with Crippen molar-refractivity contribution in [2.75, 3.05) is 46.0 Å². The van der Waals surface area contributed by atoms with E-state index in [1.54, 1.807) is 11.0 Å². The molecule has 0 aliphatic carbocycles. The number of nitrogens with zero attached hydrogens (tertiary/aromatic N) is 2. The van der Waals surface area contributed by atoms with E-state index < -0.39 is 23.5 Å².